The summed E-state index contributed by atoms with van der Waals surface area (Å²) >= 11 is 1.72. The normalized spacial score (nSPS) is 14.9. The highest BCUT2D eigenvalue weighted by molar-refractivity contribution is 7.15. The number of pyridine rings is 2. The van der Waals surface area contributed by atoms with Gasteiger partial charge in [-0.1, -0.05) is 12.1 Å². The van der Waals surface area contributed by atoms with E-state index in [0.717, 1.165) is 64.2 Å². The molecule has 5 rings (SSSR count). The zero-order valence-corrected chi connectivity index (χ0v) is 18.6. The molecule has 6 heteroatoms. The van der Waals surface area contributed by atoms with Crippen LogP contribution in [0.15, 0.2) is 36.8 Å². The van der Waals surface area contributed by atoms with E-state index in [1.54, 1.807) is 11.3 Å². The summed E-state index contributed by atoms with van der Waals surface area (Å²) in [5, 5.41) is 2.94. The van der Waals surface area contributed by atoms with Gasteiger partial charge in [-0.15, -0.1) is 11.3 Å². The molecule has 0 amide bonds. The third-order valence-electron chi connectivity index (χ3n) is 6.25. The number of nitrogens with two attached hydrogens (primary N) is 1. The molecule has 31 heavy (non-hydrogen) atoms. The molecule has 3 aromatic heterocycles. The molecule has 0 aliphatic carbocycles. The summed E-state index contributed by atoms with van der Waals surface area (Å²) in [6.45, 7) is 10.0. The van der Waals surface area contributed by atoms with Crippen LogP contribution in [0.5, 0.6) is 0 Å². The summed E-state index contributed by atoms with van der Waals surface area (Å²) in [6, 6.07) is 6.37. The molecule has 1 aliphatic heterocycles. The van der Waals surface area contributed by atoms with Crippen LogP contribution >= 0.6 is 11.3 Å². The van der Waals surface area contributed by atoms with Crippen LogP contribution < -0.4 is 5.73 Å². The second kappa shape index (κ2) is 8.02. The zero-order chi connectivity index (χ0) is 21.5. The standard InChI is InChI=1S/C25H25N4OS/c1-14-11-27-12-21(15(14)2)18-4-5-19-20(10-18)24(26)28-13-22(19)25-29-16(3)23(31-25)17-6-8-30-9-7-17/h4-5,10-13,17H,3,6-9H2,1-2H3,(H2,26,28). The highest BCUT2D eigenvalue weighted by Crippen LogP contribution is 2.40. The van der Waals surface area contributed by atoms with Crippen LogP contribution in [0.3, 0.4) is 0 Å². The number of benzene rings is 1. The molecule has 1 fully saturated rings. The fourth-order valence-electron chi connectivity index (χ4n) is 4.28. The Bertz CT molecular complexity index is 1270. The van der Waals surface area contributed by atoms with Gasteiger partial charge in [0.05, 0.1) is 5.69 Å². The molecule has 0 atom stereocenters. The van der Waals surface area contributed by atoms with Crippen LogP contribution in [0, 0.1) is 20.8 Å². The summed E-state index contributed by atoms with van der Waals surface area (Å²) in [5.41, 5.74) is 12.8. The number of thiazole rings is 1. The van der Waals surface area contributed by atoms with Crippen molar-refractivity contribution in [1.82, 2.24) is 15.0 Å². The van der Waals surface area contributed by atoms with Crippen LogP contribution in [0.2, 0.25) is 0 Å². The number of rotatable bonds is 3. The van der Waals surface area contributed by atoms with E-state index in [4.69, 9.17) is 15.5 Å². The van der Waals surface area contributed by atoms with Gasteiger partial charge in [0.1, 0.15) is 10.8 Å². The Kier molecular flexibility index (Phi) is 5.20. The van der Waals surface area contributed by atoms with Crippen molar-refractivity contribution in [3.05, 3.63) is 65.4 Å². The van der Waals surface area contributed by atoms with Crippen LogP contribution in [-0.2, 0) is 4.74 Å². The Morgan fingerprint density at radius 3 is 2.68 bits per heavy atom. The fraction of sp³-hybridized carbons (Fsp3) is 0.280. The van der Waals surface area contributed by atoms with Crippen LogP contribution in [0.4, 0.5) is 5.82 Å². The fourth-order valence-corrected chi connectivity index (χ4v) is 5.48. The number of hydrogen-bond acceptors (Lipinski definition) is 6. The third-order valence-corrected chi connectivity index (χ3v) is 7.54. The third kappa shape index (κ3) is 3.60. The van der Waals surface area contributed by atoms with Crippen molar-refractivity contribution in [2.75, 3.05) is 18.9 Å². The number of aromatic nitrogens is 3. The number of aryl methyl sites for hydroxylation is 1. The lowest BCUT2D eigenvalue weighted by atomic mass is 9.96. The van der Waals surface area contributed by atoms with Crippen molar-refractivity contribution in [2.45, 2.75) is 32.6 Å². The Balaban J connectivity index is 1.61. The number of nitrogen functional groups attached to an aromatic ring is 1. The van der Waals surface area contributed by atoms with Gasteiger partial charge >= 0.3 is 0 Å². The first-order chi connectivity index (χ1) is 15.0. The van der Waals surface area contributed by atoms with Gasteiger partial charge in [-0.2, -0.15) is 0 Å². The van der Waals surface area contributed by atoms with Crippen molar-refractivity contribution < 1.29 is 4.74 Å². The number of hydrogen-bond donors (Lipinski definition) is 1. The van der Waals surface area contributed by atoms with E-state index in [0.29, 0.717) is 11.7 Å². The van der Waals surface area contributed by atoms with Gasteiger partial charge in [-0.05, 0) is 67.7 Å². The number of nitrogens with zero attached hydrogens (tertiary/aromatic N) is 3. The van der Waals surface area contributed by atoms with E-state index in [2.05, 4.69) is 48.9 Å². The maximum Gasteiger partial charge on any atom is 0.131 e. The molecule has 0 spiro atoms. The zero-order valence-electron chi connectivity index (χ0n) is 17.8. The molecule has 4 heterocycles. The first kappa shape index (κ1) is 20.1. The summed E-state index contributed by atoms with van der Waals surface area (Å²) < 4.78 is 5.52. The summed E-state index contributed by atoms with van der Waals surface area (Å²) in [5.74, 6) is 0.999. The number of fused-ring (bicyclic) bond motifs is 1. The molecule has 4 aromatic rings. The number of anilines is 1. The Morgan fingerprint density at radius 1 is 1.06 bits per heavy atom. The van der Waals surface area contributed by atoms with E-state index >= 15 is 0 Å². The highest BCUT2D eigenvalue weighted by atomic mass is 32.1. The largest absolute Gasteiger partial charge is 0.383 e. The summed E-state index contributed by atoms with van der Waals surface area (Å²) in [7, 11) is 0. The smallest absolute Gasteiger partial charge is 0.131 e. The van der Waals surface area contributed by atoms with E-state index < -0.39 is 0 Å². The minimum absolute atomic E-state index is 0.476. The second-order valence-electron chi connectivity index (χ2n) is 8.16. The van der Waals surface area contributed by atoms with E-state index in [1.807, 2.05) is 18.6 Å². The second-order valence-corrected chi connectivity index (χ2v) is 9.19. The molecular weight excluding hydrogens is 404 g/mol. The average Bonchev–Trinajstić information content (AvgIpc) is 3.18. The van der Waals surface area contributed by atoms with Crippen molar-refractivity contribution >= 4 is 27.9 Å². The van der Waals surface area contributed by atoms with Gasteiger partial charge < -0.3 is 10.5 Å². The number of ether oxygens (including phenoxy) is 1. The van der Waals surface area contributed by atoms with E-state index in [-0.39, 0.29) is 0 Å². The molecule has 0 bridgehead atoms. The van der Waals surface area contributed by atoms with Crippen molar-refractivity contribution in [1.29, 1.82) is 0 Å². The van der Waals surface area contributed by atoms with E-state index in [9.17, 15) is 0 Å². The van der Waals surface area contributed by atoms with Gasteiger partial charge in [0.25, 0.3) is 0 Å². The lowest BCUT2D eigenvalue weighted by Gasteiger charge is -2.21. The molecular formula is C25H25N4OS. The average molecular weight is 430 g/mol. The van der Waals surface area contributed by atoms with Gasteiger partial charge in [0.2, 0.25) is 0 Å². The van der Waals surface area contributed by atoms with Crippen LogP contribution in [0.1, 0.15) is 40.5 Å². The monoisotopic (exact) mass is 429 g/mol. The molecule has 1 radical (unpaired) electrons. The van der Waals surface area contributed by atoms with Gasteiger partial charge in [0.15, 0.2) is 0 Å². The Labute approximate surface area is 186 Å². The highest BCUT2D eigenvalue weighted by Gasteiger charge is 2.22. The Hall–Kier alpha value is -2.83. The quantitative estimate of drug-likeness (QED) is 0.452. The lowest BCUT2D eigenvalue weighted by Crippen LogP contribution is -2.13. The molecule has 5 nitrogen and oxygen atoms in total. The molecule has 1 saturated heterocycles. The maximum atomic E-state index is 6.30. The predicted octanol–water partition coefficient (Wildman–Crippen LogP) is 5.70. The molecule has 1 aliphatic rings. The maximum absolute atomic E-state index is 6.30. The van der Waals surface area contributed by atoms with Crippen molar-refractivity contribution in [3.8, 4) is 21.7 Å². The first-order valence-corrected chi connectivity index (χ1v) is 11.3. The van der Waals surface area contributed by atoms with Crippen LogP contribution in [-0.4, -0.2) is 28.2 Å². The van der Waals surface area contributed by atoms with Gasteiger partial charge in [-0.25, -0.2) is 9.97 Å². The topological polar surface area (TPSA) is 73.9 Å². The van der Waals surface area contributed by atoms with Crippen molar-refractivity contribution in [3.63, 3.8) is 0 Å². The molecule has 2 N–H and O–H groups in total. The minimum Gasteiger partial charge on any atom is -0.383 e. The van der Waals surface area contributed by atoms with E-state index in [1.165, 1.54) is 16.0 Å². The molecule has 0 unspecified atom stereocenters. The van der Waals surface area contributed by atoms with Gasteiger partial charge in [0, 0.05) is 53.2 Å². The predicted molar refractivity (Wildman–Crippen MR) is 127 cm³/mol. The molecule has 0 saturated carbocycles. The Morgan fingerprint density at radius 2 is 1.87 bits per heavy atom. The van der Waals surface area contributed by atoms with Crippen LogP contribution in [0.25, 0.3) is 32.5 Å². The lowest BCUT2D eigenvalue weighted by molar-refractivity contribution is 0.0859. The molecule has 1 aromatic carbocycles. The van der Waals surface area contributed by atoms with Crippen molar-refractivity contribution in [2.24, 2.45) is 0 Å². The molecule has 157 valence electrons. The SMILES string of the molecule is [CH2]c1nc(-c2cnc(N)c3cc(-c4cncc(C)c4C)ccc23)sc1C1CCOCC1. The summed E-state index contributed by atoms with van der Waals surface area (Å²) in [6.07, 6.45) is 7.69. The first-order valence-electron chi connectivity index (χ1n) is 10.5. The van der Waals surface area contributed by atoms with Gasteiger partial charge in [-0.3, -0.25) is 4.98 Å². The minimum atomic E-state index is 0.476. The summed E-state index contributed by atoms with van der Waals surface area (Å²) in [4.78, 5) is 15.0.